The lowest BCUT2D eigenvalue weighted by molar-refractivity contribution is -0.136. The number of ether oxygens (including phenoxy) is 1. The largest absolute Gasteiger partial charge is 0.481 e. The fraction of sp³-hybridized carbons (Fsp3) is 0.259. The Morgan fingerprint density at radius 1 is 0.977 bits per heavy atom. The SMILES string of the molecule is CC(C)(C)NC(=O)c1ccc(Oc2cc(F)c(CC(=O)O)cc2Cl)c(NS(=O)(=O)c2ccc(C(F)(F)C(F)F)cc2Cl)c1. The highest BCUT2D eigenvalue weighted by atomic mass is 35.5. The number of hydrogen-bond donors (Lipinski definition) is 3. The number of carboxylic acids is 1. The van der Waals surface area contributed by atoms with Crippen LogP contribution in [0.2, 0.25) is 10.0 Å². The molecule has 3 aromatic rings. The zero-order valence-electron chi connectivity index (χ0n) is 22.4. The van der Waals surface area contributed by atoms with Crippen LogP contribution in [-0.4, -0.2) is 37.4 Å². The minimum absolute atomic E-state index is 0.0629. The van der Waals surface area contributed by atoms with Crippen LogP contribution in [0.15, 0.2) is 53.4 Å². The predicted octanol–water partition coefficient (Wildman–Crippen LogP) is 7.24. The van der Waals surface area contributed by atoms with E-state index in [1.54, 1.807) is 20.8 Å². The summed E-state index contributed by atoms with van der Waals surface area (Å²) in [7, 11) is -4.76. The Morgan fingerprint density at radius 2 is 1.63 bits per heavy atom. The van der Waals surface area contributed by atoms with Gasteiger partial charge in [-0.2, -0.15) is 8.78 Å². The van der Waals surface area contributed by atoms with E-state index < -0.39 is 73.2 Å². The van der Waals surface area contributed by atoms with Crippen molar-refractivity contribution in [1.82, 2.24) is 5.32 Å². The first-order valence-corrected chi connectivity index (χ1v) is 14.3. The molecule has 0 aliphatic rings. The second-order valence-corrected chi connectivity index (χ2v) is 12.6. The lowest BCUT2D eigenvalue weighted by Crippen LogP contribution is -2.40. The third-order valence-electron chi connectivity index (χ3n) is 5.52. The van der Waals surface area contributed by atoms with E-state index >= 15 is 0 Å². The van der Waals surface area contributed by atoms with E-state index in [1.807, 2.05) is 0 Å². The number of carbonyl (C=O) groups excluding carboxylic acids is 1. The van der Waals surface area contributed by atoms with Gasteiger partial charge in [-0.05, 0) is 57.2 Å². The van der Waals surface area contributed by atoms with Crippen LogP contribution in [0.3, 0.4) is 0 Å². The normalized spacial score (nSPS) is 12.3. The summed E-state index contributed by atoms with van der Waals surface area (Å²) in [6, 6.07) is 6.70. The Kier molecular flexibility index (Phi) is 9.88. The highest BCUT2D eigenvalue weighted by Gasteiger charge is 2.43. The standard InChI is InChI=1S/C27H23Cl2F5N2O6S/c1-26(2,3)35-24(39)13-4-6-20(42-21-12-18(30)14(8-16(21)28)10-23(37)38)19(9-13)36-43(40,41)22-7-5-15(11-17(22)29)27(33,34)25(31)32/h4-9,11-12,25,36H,10H2,1-3H3,(H,35,39)(H,37,38). The van der Waals surface area contributed by atoms with Crippen molar-refractivity contribution < 1.29 is 49.8 Å². The van der Waals surface area contributed by atoms with E-state index in [4.69, 9.17) is 33.0 Å². The molecule has 0 heterocycles. The number of halogens is 7. The van der Waals surface area contributed by atoms with E-state index in [0.717, 1.165) is 24.3 Å². The first-order valence-electron chi connectivity index (χ1n) is 12.0. The summed E-state index contributed by atoms with van der Waals surface area (Å²) >= 11 is 12.1. The number of carboxylic acid groups (broad SMARTS) is 1. The second-order valence-electron chi connectivity index (χ2n) is 10.1. The van der Waals surface area contributed by atoms with Gasteiger partial charge in [0.25, 0.3) is 15.9 Å². The zero-order valence-corrected chi connectivity index (χ0v) is 24.8. The van der Waals surface area contributed by atoms with Crippen LogP contribution in [0.25, 0.3) is 0 Å². The third kappa shape index (κ3) is 8.27. The molecule has 0 aromatic heterocycles. The van der Waals surface area contributed by atoms with E-state index in [2.05, 4.69) is 10.0 Å². The molecule has 0 saturated carbocycles. The van der Waals surface area contributed by atoms with Crippen molar-refractivity contribution in [2.24, 2.45) is 0 Å². The number of hydrogen-bond acceptors (Lipinski definition) is 5. The van der Waals surface area contributed by atoms with Crippen molar-refractivity contribution in [1.29, 1.82) is 0 Å². The van der Waals surface area contributed by atoms with Crippen LogP contribution in [0.1, 0.15) is 42.3 Å². The predicted molar refractivity (Wildman–Crippen MR) is 149 cm³/mol. The molecule has 0 radical (unpaired) electrons. The van der Waals surface area contributed by atoms with Crippen LogP contribution in [0.5, 0.6) is 11.5 Å². The highest BCUT2D eigenvalue weighted by molar-refractivity contribution is 7.92. The topological polar surface area (TPSA) is 122 Å². The van der Waals surface area contributed by atoms with E-state index in [9.17, 15) is 40.0 Å². The molecular formula is C27H23Cl2F5N2O6S. The molecule has 3 rings (SSSR count). The molecule has 0 spiro atoms. The monoisotopic (exact) mass is 668 g/mol. The Labute approximate surface area is 252 Å². The van der Waals surface area contributed by atoms with Gasteiger partial charge in [-0.1, -0.05) is 29.3 Å². The zero-order chi connectivity index (χ0) is 32.5. The number of carbonyl (C=O) groups is 2. The molecule has 0 fully saturated rings. The van der Waals surface area contributed by atoms with Crippen molar-refractivity contribution in [2.45, 2.75) is 50.0 Å². The summed E-state index contributed by atoms with van der Waals surface area (Å²) < 4.78 is 102. The second kappa shape index (κ2) is 12.5. The maximum absolute atomic E-state index is 14.5. The third-order valence-corrected chi connectivity index (χ3v) is 7.66. The van der Waals surface area contributed by atoms with Gasteiger partial charge >= 0.3 is 18.3 Å². The fourth-order valence-corrected chi connectivity index (χ4v) is 5.40. The number of anilines is 1. The van der Waals surface area contributed by atoms with E-state index in [-0.39, 0.29) is 27.6 Å². The lowest BCUT2D eigenvalue weighted by Gasteiger charge is -2.21. The molecule has 0 saturated heterocycles. The summed E-state index contributed by atoms with van der Waals surface area (Å²) in [5.41, 5.74) is -2.64. The van der Waals surface area contributed by atoms with Crippen LogP contribution in [0, 0.1) is 5.82 Å². The molecule has 0 atom stereocenters. The summed E-state index contributed by atoms with van der Waals surface area (Å²) in [5, 5.41) is 10.6. The fourth-order valence-electron chi connectivity index (χ4n) is 3.57. The number of amides is 1. The first kappa shape index (κ1) is 33.9. The summed E-state index contributed by atoms with van der Waals surface area (Å²) in [6.45, 7) is 5.08. The summed E-state index contributed by atoms with van der Waals surface area (Å²) in [5.74, 6) is -8.22. The lowest BCUT2D eigenvalue weighted by atomic mass is 10.1. The van der Waals surface area contributed by atoms with Gasteiger partial charge in [0.2, 0.25) is 0 Å². The minimum Gasteiger partial charge on any atom is -0.481 e. The van der Waals surface area contributed by atoms with Crippen LogP contribution in [-0.2, 0) is 27.2 Å². The molecule has 3 aromatic carbocycles. The molecule has 0 aliphatic heterocycles. The molecule has 0 bridgehead atoms. The Bertz CT molecular complexity index is 1680. The molecule has 0 aliphatic carbocycles. The first-order chi connectivity index (χ1) is 19.7. The Hall–Kier alpha value is -3.62. The number of nitrogens with one attached hydrogen (secondary N) is 2. The van der Waals surface area contributed by atoms with E-state index in [1.165, 1.54) is 6.07 Å². The number of aliphatic carboxylic acids is 1. The molecule has 0 unspecified atom stereocenters. The van der Waals surface area contributed by atoms with Crippen LogP contribution >= 0.6 is 23.2 Å². The Balaban J connectivity index is 2.08. The van der Waals surface area contributed by atoms with Crippen molar-refractivity contribution in [3.05, 3.63) is 81.1 Å². The number of rotatable bonds is 10. The van der Waals surface area contributed by atoms with Crippen molar-refractivity contribution in [2.75, 3.05) is 4.72 Å². The van der Waals surface area contributed by atoms with Crippen LogP contribution < -0.4 is 14.8 Å². The van der Waals surface area contributed by atoms with Gasteiger partial charge in [-0.15, -0.1) is 0 Å². The average molecular weight is 669 g/mol. The number of benzene rings is 3. The summed E-state index contributed by atoms with van der Waals surface area (Å²) in [6.07, 6.45) is -4.77. The van der Waals surface area contributed by atoms with Gasteiger partial charge < -0.3 is 15.2 Å². The maximum atomic E-state index is 14.5. The van der Waals surface area contributed by atoms with Gasteiger partial charge in [0, 0.05) is 28.3 Å². The Morgan fingerprint density at radius 3 is 2.19 bits per heavy atom. The van der Waals surface area contributed by atoms with Crippen molar-refractivity contribution in [3.63, 3.8) is 0 Å². The molecule has 8 nitrogen and oxygen atoms in total. The molecule has 232 valence electrons. The van der Waals surface area contributed by atoms with Gasteiger partial charge in [-0.3, -0.25) is 14.3 Å². The molecule has 3 N–H and O–H groups in total. The van der Waals surface area contributed by atoms with Crippen molar-refractivity contribution in [3.8, 4) is 11.5 Å². The van der Waals surface area contributed by atoms with Gasteiger partial charge in [0.05, 0.1) is 22.2 Å². The number of alkyl halides is 4. The van der Waals surface area contributed by atoms with Gasteiger partial charge in [0.1, 0.15) is 16.5 Å². The number of sulfonamides is 1. The molecule has 43 heavy (non-hydrogen) atoms. The summed E-state index contributed by atoms with van der Waals surface area (Å²) in [4.78, 5) is 23.0. The van der Waals surface area contributed by atoms with Gasteiger partial charge in [0.15, 0.2) is 5.75 Å². The quantitative estimate of drug-likeness (QED) is 0.196. The molecule has 16 heteroatoms. The highest BCUT2D eigenvalue weighted by Crippen LogP contribution is 2.39. The molecule has 1 amide bonds. The molecular weight excluding hydrogens is 646 g/mol. The minimum atomic E-state index is -4.76. The maximum Gasteiger partial charge on any atom is 0.332 e. The van der Waals surface area contributed by atoms with Gasteiger partial charge in [-0.25, -0.2) is 21.6 Å². The average Bonchev–Trinajstić information content (AvgIpc) is 2.86. The van der Waals surface area contributed by atoms with Crippen molar-refractivity contribution >= 4 is 50.8 Å². The smallest absolute Gasteiger partial charge is 0.332 e. The van der Waals surface area contributed by atoms with Crippen LogP contribution in [0.4, 0.5) is 27.6 Å². The van der Waals surface area contributed by atoms with E-state index in [0.29, 0.717) is 18.2 Å².